The van der Waals surface area contributed by atoms with Crippen LogP contribution in [0.2, 0.25) is 0 Å². The predicted octanol–water partition coefficient (Wildman–Crippen LogP) is 5.48. The predicted molar refractivity (Wildman–Crippen MR) is 148 cm³/mol. The minimum atomic E-state index is -3.81. The van der Waals surface area contributed by atoms with Gasteiger partial charge in [-0.15, -0.1) is 0 Å². The van der Waals surface area contributed by atoms with Gasteiger partial charge in [-0.1, -0.05) is 78.9 Å². The summed E-state index contributed by atoms with van der Waals surface area (Å²) in [4.78, 5) is 0.409. The van der Waals surface area contributed by atoms with Crippen LogP contribution in [0.1, 0.15) is 11.1 Å². The van der Waals surface area contributed by atoms with Crippen LogP contribution in [0.3, 0.4) is 0 Å². The van der Waals surface area contributed by atoms with Gasteiger partial charge in [0.05, 0.1) is 33.8 Å². The van der Waals surface area contributed by atoms with Gasteiger partial charge in [-0.25, -0.2) is 20.8 Å². The van der Waals surface area contributed by atoms with E-state index >= 15 is 0 Å². The topological polar surface area (TPSA) is 82.4 Å². The second kappa shape index (κ2) is 10.9. The first-order chi connectivity index (χ1) is 18.4. The van der Waals surface area contributed by atoms with E-state index in [9.17, 15) is 16.8 Å². The highest BCUT2D eigenvalue weighted by atomic mass is 32.2. The van der Waals surface area contributed by atoms with Crippen LogP contribution < -0.4 is 0 Å². The maximum Gasteiger partial charge on any atom is 0.268 e. The first kappa shape index (κ1) is 25.9. The molecule has 0 saturated carbocycles. The van der Waals surface area contributed by atoms with Crippen molar-refractivity contribution >= 4 is 30.8 Å². The van der Waals surface area contributed by atoms with E-state index in [2.05, 4.69) is 0 Å². The number of hydrogen-bond acceptors (Lipinski definition) is 5. The van der Waals surface area contributed by atoms with Crippen molar-refractivity contribution in [2.75, 3.05) is 6.61 Å². The van der Waals surface area contributed by atoms with Crippen LogP contribution in [0.4, 0.5) is 0 Å². The molecule has 0 aliphatic rings. The highest BCUT2D eigenvalue weighted by Gasteiger charge is 2.29. The standard InChI is InChI=1S/C30H27NO5S2/c32-37(33,26-14-6-2-7-15-26)28(23-36-22-24-11-4-1-5-12-24)21-25-13-10-18-30-29(25)19-20-31(30)38(34,35)27-16-8-3-9-17-27/h1-20,28H,21-23H2. The van der Waals surface area contributed by atoms with Crippen LogP contribution in [0.25, 0.3) is 10.9 Å². The summed E-state index contributed by atoms with van der Waals surface area (Å²) in [5.74, 6) is 0. The highest BCUT2D eigenvalue weighted by Crippen LogP contribution is 2.28. The lowest BCUT2D eigenvalue weighted by Crippen LogP contribution is -2.29. The number of sulfone groups is 1. The minimum absolute atomic E-state index is 0.00840. The molecule has 0 bridgehead atoms. The molecular formula is C30H27NO5S2. The van der Waals surface area contributed by atoms with E-state index < -0.39 is 25.1 Å². The van der Waals surface area contributed by atoms with Crippen LogP contribution in [-0.2, 0) is 37.6 Å². The Labute approximate surface area is 223 Å². The van der Waals surface area contributed by atoms with Crippen molar-refractivity contribution in [2.24, 2.45) is 0 Å². The van der Waals surface area contributed by atoms with E-state index in [4.69, 9.17) is 4.74 Å². The van der Waals surface area contributed by atoms with E-state index in [0.717, 1.165) is 11.1 Å². The zero-order valence-corrected chi connectivity index (χ0v) is 22.2. The van der Waals surface area contributed by atoms with Crippen molar-refractivity contribution < 1.29 is 21.6 Å². The lowest BCUT2D eigenvalue weighted by molar-refractivity contribution is 0.120. The summed E-state index contributed by atoms with van der Waals surface area (Å²) in [6.07, 6.45) is 1.68. The zero-order valence-electron chi connectivity index (χ0n) is 20.6. The van der Waals surface area contributed by atoms with E-state index in [-0.39, 0.29) is 29.4 Å². The monoisotopic (exact) mass is 545 g/mol. The van der Waals surface area contributed by atoms with Crippen molar-refractivity contribution in [1.29, 1.82) is 0 Å². The lowest BCUT2D eigenvalue weighted by Gasteiger charge is -2.19. The molecule has 0 spiro atoms. The van der Waals surface area contributed by atoms with Gasteiger partial charge in [0.1, 0.15) is 0 Å². The smallest absolute Gasteiger partial charge is 0.268 e. The summed E-state index contributed by atoms with van der Waals surface area (Å²) in [5.41, 5.74) is 2.18. The molecule has 0 radical (unpaired) electrons. The van der Waals surface area contributed by atoms with Crippen molar-refractivity contribution in [3.8, 4) is 0 Å². The molecule has 6 nitrogen and oxygen atoms in total. The molecule has 4 aromatic carbocycles. The van der Waals surface area contributed by atoms with Gasteiger partial charge >= 0.3 is 0 Å². The molecule has 0 saturated heterocycles. The van der Waals surface area contributed by atoms with Crippen molar-refractivity contribution in [2.45, 2.75) is 28.1 Å². The Morgan fingerprint density at radius 2 is 1.26 bits per heavy atom. The van der Waals surface area contributed by atoms with Gasteiger partial charge in [-0.2, -0.15) is 0 Å². The van der Waals surface area contributed by atoms with Crippen molar-refractivity contribution in [3.63, 3.8) is 0 Å². The van der Waals surface area contributed by atoms with Crippen LogP contribution in [-0.4, -0.2) is 32.7 Å². The number of fused-ring (bicyclic) bond motifs is 1. The second-order valence-electron chi connectivity index (χ2n) is 8.96. The molecule has 38 heavy (non-hydrogen) atoms. The van der Waals surface area contributed by atoms with Gasteiger partial charge in [-0.3, -0.25) is 0 Å². The van der Waals surface area contributed by atoms with Crippen LogP contribution in [0, 0.1) is 0 Å². The quantitative estimate of drug-likeness (QED) is 0.232. The first-order valence-electron chi connectivity index (χ1n) is 12.2. The number of nitrogens with zero attached hydrogens (tertiary/aromatic N) is 1. The summed E-state index contributed by atoms with van der Waals surface area (Å²) >= 11 is 0. The molecule has 5 aromatic rings. The Hall–Kier alpha value is -3.72. The fourth-order valence-corrected chi connectivity index (χ4v) is 7.45. The maximum absolute atomic E-state index is 13.7. The average molecular weight is 546 g/mol. The van der Waals surface area contributed by atoms with Gasteiger partial charge in [-0.05, 0) is 53.9 Å². The Bertz CT molecular complexity index is 1730. The summed E-state index contributed by atoms with van der Waals surface area (Å²) < 4.78 is 61.1. The molecule has 1 unspecified atom stereocenters. The Morgan fingerprint density at radius 3 is 1.92 bits per heavy atom. The van der Waals surface area contributed by atoms with Crippen molar-refractivity contribution in [1.82, 2.24) is 3.97 Å². The SMILES string of the molecule is O=S(=O)(c1ccccc1)C(COCc1ccccc1)Cc1cccc2c1ccn2S(=O)(=O)c1ccccc1. The average Bonchev–Trinajstić information content (AvgIpc) is 3.40. The van der Waals surface area contributed by atoms with Gasteiger partial charge < -0.3 is 4.74 Å². The molecule has 8 heteroatoms. The zero-order chi connectivity index (χ0) is 26.6. The fourth-order valence-electron chi connectivity index (χ4n) is 4.49. The lowest BCUT2D eigenvalue weighted by atomic mass is 10.1. The van der Waals surface area contributed by atoms with Gasteiger partial charge in [0.2, 0.25) is 0 Å². The summed E-state index contributed by atoms with van der Waals surface area (Å²) in [7, 11) is -7.55. The number of aromatic nitrogens is 1. The van der Waals surface area contributed by atoms with E-state index in [1.807, 2.05) is 36.4 Å². The third-order valence-corrected chi connectivity index (χ3v) is 10.3. The minimum Gasteiger partial charge on any atom is -0.375 e. The van der Waals surface area contributed by atoms with E-state index in [0.29, 0.717) is 10.9 Å². The number of hydrogen-bond donors (Lipinski definition) is 0. The Balaban J connectivity index is 1.49. The van der Waals surface area contributed by atoms with Gasteiger partial charge in [0.25, 0.3) is 10.0 Å². The summed E-state index contributed by atoms with van der Waals surface area (Å²) in [6.45, 7) is 0.281. The molecule has 1 heterocycles. The Kier molecular flexibility index (Phi) is 7.46. The fraction of sp³-hybridized carbons (Fsp3) is 0.133. The Morgan fingerprint density at radius 1 is 0.658 bits per heavy atom. The highest BCUT2D eigenvalue weighted by molar-refractivity contribution is 7.92. The maximum atomic E-state index is 13.7. The van der Waals surface area contributed by atoms with E-state index in [1.165, 1.54) is 10.2 Å². The molecule has 194 valence electrons. The van der Waals surface area contributed by atoms with Crippen LogP contribution >= 0.6 is 0 Å². The molecule has 0 amide bonds. The van der Waals surface area contributed by atoms with Crippen molar-refractivity contribution in [3.05, 3.63) is 133 Å². The van der Waals surface area contributed by atoms with Gasteiger partial charge in [0, 0.05) is 11.6 Å². The second-order valence-corrected chi connectivity index (χ2v) is 13.0. The summed E-state index contributed by atoms with van der Waals surface area (Å²) in [5, 5.41) is -0.184. The molecular weight excluding hydrogens is 518 g/mol. The molecule has 0 N–H and O–H groups in total. The molecule has 0 aliphatic heterocycles. The largest absolute Gasteiger partial charge is 0.375 e. The number of ether oxygens (including phenoxy) is 1. The van der Waals surface area contributed by atoms with E-state index in [1.54, 1.807) is 78.9 Å². The third-order valence-electron chi connectivity index (χ3n) is 6.46. The normalized spacial score (nSPS) is 12.9. The molecule has 0 aliphatic carbocycles. The van der Waals surface area contributed by atoms with Crippen LogP contribution in [0.15, 0.2) is 131 Å². The number of rotatable bonds is 10. The van der Waals surface area contributed by atoms with Crippen LogP contribution in [0.5, 0.6) is 0 Å². The van der Waals surface area contributed by atoms with Gasteiger partial charge in [0.15, 0.2) is 9.84 Å². The molecule has 1 aromatic heterocycles. The molecule has 1 atom stereocenters. The molecule has 0 fully saturated rings. The first-order valence-corrected chi connectivity index (χ1v) is 15.2. The third kappa shape index (κ3) is 5.29. The molecule has 5 rings (SSSR count). The summed E-state index contributed by atoms with van der Waals surface area (Å²) in [6, 6.07) is 33.2. The number of benzene rings is 4.